The predicted octanol–water partition coefficient (Wildman–Crippen LogP) is 4.23. The number of amides is 2. The van der Waals surface area contributed by atoms with E-state index in [1.54, 1.807) is 32.2 Å². The summed E-state index contributed by atoms with van der Waals surface area (Å²) in [7, 11) is 4.86. The van der Waals surface area contributed by atoms with Gasteiger partial charge >= 0.3 is 6.09 Å². The second-order valence-corrected chi connectivity index (χ2v) is 9.25. The van der Waals surface area contributed by atoms with Gasteiger partial charge in [0.1, 0.15) is 6.54 Å². The van der Waals surface area contributed by atoms with E-state index >= 15 is 0 Å². The van der Waals surface area contributed by atoms with Crippen LogP contribution in [0.1, 0.15) is 43.9 Å². The van der Waals surface area contributed by atoms with Gasteiger partial charge in [-0.2, -0.15) is 0 Å². The summed E-state index contributed by atoms with van der Waals surface area (Å²) in [6.45, 7) is 6.17. The molecule has 2 amide bonds. The summed E-state index contributed by atoms with van der Waals surface area (Å²) >= 11 is 0. The van der Waals surface area contributed by atoms with Gasteiger partial charge in [-0.15, -0.1) is 0 Å². The van der Waals surface area contributed by atoms with Gasteiger partial charge < -0.3 is 24.4 Å². The number of nitrogens with zero attached hydrogens (tertiary/aromatic N) is 3. The van der Waals surface area contributed by atoms with Crippen LogP contribution in [0.15, 0.2) is 41.4 Å². The first kappa shape index (κ1) is 25.1. The van der Waals surface area contributed by atoms with Crippen molar-refractivity contribution in [1.82, 2.24) is 4.90 Å². The van der Waals surface area contributed by atoms with Crippen molar-refractivity contribution in [2.45, 2.75) is 39.2 Å². The second-order valence-electron chi connectivity index (χ2n) is 9.25. The highest BCUT2D eigenvalue weighted by Crippen LogP contribution is 2.37. The Morgan fingerprint density at radius 3 is 2.44 bits per heavy atom. The maximum Gasteiger partial charge on any atom is 0.407 e. The van der Waals surface area contributed by atoms with Crippen LogP contribution in [0.25, 0.3) is 0 Å². The number of ether oxygens (including phenoxy) is 2. The number of aryl methyl sites for hydroxylation is 1. The molecule has 0 radical (unpaired) electrons. The SMILES string of the molecule is COc1cc2c(cc1OC)N(C)C(=O)CN=C2c1cccc(CCCN(C(=O)O)C(C)(C)C)c1. The fourth-order valence-electron chi connectivity index (χ4n) is 4.09. The molecular formula is C26H33N3O5. The summed E-state index contributed by atoms with van der Waals surface area (Å²) in [4.78, 5) is 31.9. The van der Waals surface area contributed by atoms with E-state index in [1.165, 1.54) is 4.90 Å². The van der Waals surface area contributed by atoms with E-state index in [-0.39, 0.29) is 12.5 Å². The minimum atomic E-state index is -0.913. The van der Waals surface area contributed by atoms with Gasteiger partial charge in [-0.05, 0) is 51.3 Å². The zero-order chi connectivity index (χ0) is 25.0. The number of carbonyl (C=O) groups is 2. The third-order valence-electron chi connectivity index (χ3n) is 5.95. The van der Waals surface area contributed by atoms with Gasteiger partial charge in [-0.1, -0.05) is 18.2 Å². The number of benzene rings is 2. The Morgan fingerprint density at radius 1 is 1.15 bits per heavy atom. The third kappa shape index (κ3) is 5.32. The molecule has 1 N–H and O–H groups in total. The van der Waals surface area contributed by atoms with Crippen molar-refractivity contribution >= 4 is 23.4 Å². The fourth-order valence-corrected chi connectivity index (χ4v) is 4.09. The molecule has 0 spiro atoms. The van der Waals surface area contributed by atoms with Crippen LogP contribution in [0.5, 0.6) is 11.5 Å². The average Bonchev–Trinajstić information content (AvgIpc) is 2.91. The molecule has 0 saturated heterocycles. The van der Waals surface area contributed by atoms with Crippen LogP contribution in [-0.2, 0) is 11.2 Å². The van der Waals surface area contributed by atoms with Crippen LogP contribution in [-0.4, -0.2) is 67.6 Å². The summed E-state index contributed by atoms with van der Waals surface area (Å²) in [6, 6.07) is 11.7. The third-order valence-corrected chi connectivity index (χ3v) is 5.95. The van der Waals surface area contributed by atoms with Gasteiger partial charge in [-0.3, -0.25) is 9.79 Å². The highest BCUT2D eigenvalue weighted by atomic mass is 16.5. The Balaban J connectivity index is 1.92. The van der Waals surface area contributed by atoms with E-state index in [0.29, 0.717) is 35.9 Å². The van der Waals surface area contributed by atoms with E-state index in [4.69, 9.17) is 9.47 Å². The molecule has 182 valence electrons. The lowest BCUT2D eigenvalue weighted by molar-refractivity contribution is -0.116. The molecule has 0 unspecified atom stereocenters. The first-order valence-corrected chi connectivity index (χ1v) is 11.2. The molecule has 0 bridgehead atoms. The van der Waals surface area contributed by atoms with E-state index in [9.17, 15) is 14.7 Å². The molecule has 8 heteroatoms. The van der Waals surface area contributed by atoms with Crippen LogP contribution in [0, 0.1) is 0 Å². The number of likely N-dealkylation sites (N-methyl/N-ethyl adjacent to an activating group) is 1. The molecule has 1 aliphatic heterocycles. The minimum absolute atomic E-state index is 0.0362. The molecule has 1 aliphatic rings. The topological polar surface area (TPSA) is 91.7 Å². The number of fused-ring (bicyclic) bond motifs is 1. The van der Waals surface area contributed by atoms with Crippen LogP contribution >= 0.6 is 0 Å². The zero-order valence-electron chi connectivity index (χ0n) is 20.7. The van der Waals surface area contributed by atoms with E-state index < -0.39 is 11.6 Å². The van der Waals surface area contributed by atoms with Crippen molar-refractivity contribution in [1.29, 1.82) is 0 Å². The van der Waals surface area contributed by atoms with Crippen LogP contribution in [0.2, 0.25) is 0 Å². The van der Waals surface area contributed by atoms with Crippen molar-refractivity contribution in [3.8, 4) is 11.5 Å². The Kier molecular flexibility index (Phi) is 7.49. The average molecular weight is 468 g/mol. The van der Waals surface area contributed by atoms with Crippen molar-refractivity contribution in [2.24, 2.45) is 4.99 Å². The highest BCUT2D eigenvalue weighted by molar-refractivity contribution is 6.20. The number of rotatable bonds is 7. The monoisotopic (exact) mass is 467 g/mol. The van der Waals surface area contributed by atoms with E-state index in [1.807, 2.05) is 45.0 Å². The molecule has 2 aromatic rings. The van der Waals surface area contributed by atoms with Crippen LogP contribution < -0.4 is 14.4 Å². The molecule has 0 atom stereocenters. The maximum absolute atomic E-state index is 12.6. The van der Waals surface area contributed by atoms with Crippen molar-refractivity contribution in [3.63, 3.8) is 0 Å². The van der Waals surface area contributed by atoms with Gasteiger partial charge in [-0.25, -0.2) is 4.79 Å². The van der Waals surface area contributed by atoms with Gasteiger partial charge in [0.25, 0.3) is 0 Å². The van der Waals surface area contributed by atoms with Crippen molar-refractivity contribution in [2.75, 3.05) is 39.3 Å². The number of aliphatic imine (C=N–C) groups is 1. The number of anilines is 1. The predicted molar refractivity (Wildman–Crippen MR) is 133 cm³/mol. The lowest BCUT2D eigenvalue weighted by Crippen LogP contribution is -2.45. The molecule has 0 aromatic heterocycles. The lowest BCUT2D eigenvalue weighted by Gasteiger charge is -2.33. The maximum atomic E-state index is 12.6. The Bertz CT molecular complexity index is 1100. The molecule has 2 aromatic carbocycles. The zero-order valence-corrected chi connectivity index (χ0v) is 20.7. The Morgan fingerprint density at radius 2 is 1.82 bits per heavy atom. The molecule has 3 rings (SSSR count). The molecule has 0 fully saturated rings. The van der Waals surface area contributed by atoms with Crippen molar-refractivity contribution < 1.29 is 24.2 Å². The standard InChI is InChI=1S/C26H33N3O5/c1-26(2,3)29(25(31)32)12-8-10-17-9-7-11-18(13-17)24-19-14-21(33-5)22(34-6)15-20(19)28(4)23(30)16-27-24/h7,9,11,13-15H,8,10,12,16H2,1-6H3,(H,31,32). The molecular weight excluding hydrogens is 434 g/mol. The molecule has 0 saturated carbocycles. The molecule has 8 nitrogen and oxygen atoms in total. The summed E-state index contributed by atoms with van der Waals surface area (Å²) in [6.07, 6.45) is 0.504. The first-order valence-electron chi connectivity index (χ1n) is 11.2. The summed E-state index contributed by atoms with van der Waals surface area (Å²) in [5.41, 5.74) is 3.70. The van der Waals surface area contributed by atoms with Gasteiger partial charge in [0.2, 0.25) is 5.91 Å². The Hall–Kier alpha value is -3.55. The minimum Gasteiger partial charge on any atom is -0.493 e. The van der Waals surface area contributed by atoms with Gasteiger partial charge in [0.15, 0.2) is 11.5 Å². The second kappa shape index (κ2) is 10.2. The number of hydrogen-bond acceptors (Lipinski definition) is 5. The highest BCUT2D eigenvalue weighted by Gasteiger charge is 2.26. The number of benzodiazepines with no additional fused rings is 1. The van der Waals surface area contributed by atoms with Crippen molar-refractivity contribution in [3.05, 3.63) is 53.1 Å². The van der Waals surface area contributed by atoms with Crippen LogP contribution in [0.4, 0.5) is 10.5 Å². The fraction of sp³-hybridized carbons (Fsp3) is 0.423. The lowest BCUT2D eigenvalue weighted by atomic mass is 9.96. The number of carboxylic acid groups (broad SMARTS) is 1. The van der Waals surface area contributed by atoms with Gasteiger partial charge in [0.05, 0.1) is 25.6 Å². The summed E-state index contributed by atoms with van der Waals surface area (Å²) < 4.78 is 10.9. The van der Waals surface area contributed by atoms with Gasteiger partial charge in [0, 0.05) is 36.3 Å². The largest absolute Gasteiger partial charge is 0.493 e. The number of hydrogen-bond donors (Lipinski definition) is 1. The number of methoxy groups -OCH3 is 2. The summed E-state index contributed by atoms with van der Waals surface area (Å²) in [5.74, 6) is 0.983. The summed E-state index contributed by atoms with van der Waals surface area (Å²) in [5, 5.41) is 9.52. The molecule has 34 heavy (non-hydrogen) atoms. The molecule has 1 heterocycles. The van der Waals surface area contributed by atoms with E-state index in [2.05, 4.69) is 11.1 Å². The normalized spacial score (nSPS) is 13.6. The first-order chi connectivity index (χ1) is 16.1. The smallest absolute Gasteiger partial charge is 0.407 e. The van der Waals surface area contributed by atoms with Crippen LogP contribution in [0.3, 0.4) is 0 Å². The Labute approximate surface area is 200 Å². The quantitative estimate of drug-likeness (QED) is 0.658. The van der Waals surface area contributed by atoms with E-state index in [0.717, 1.165) is 23.1 Å². The molecule has 0 aliphatic carbocycles. The number of carbonyl (C=O) groups excluding carboxylic acids is 1.